The van der Waals surface area contributed by atoms with Crippen LogP contribution in [-0.4, -0.2) is 52.7 Å². The number of ether oxygens (including phenoxy) is 1. The number of hydrogen-bond acceptors (Lipinski definition) is 6. The number of carboxylic acid groups (broad SMARTS) is 1. The second kappa shape index (κ2) is 9.24. The van der Waals surface area contributed by atoms with Crippen LogP contribution >= 0.6 is 0 Å². The Morgan fingerprint density at radius 2 is 2.10 bits per heavy atom. The average molecular weight is 390 g/mol. The Hall–Kier alpha value is -3.34. The van der Waals surface area contributed by atoms with Crippen LogP contribution in [0.25, 0.3) is 22.2 Å². The maximum Gasteiger partial charge on any atom is 0.354 e. The van der Waals surface area contributed by atoms with E-state index >= 15 is 0 Å². The topological polar surface area (TPSA) is 99.3 Å². The molecule has 1 N–H and O–H groups in total. The zero-order valence-electron chi connectivity index (χ0n) is 16.4. The highest BCUT2D eigenvalue weighted by atomic mass is 16.5. The minimum Gasteiger partial charge on any atom is -0.477 e. The van der Waals surface area contributed by atoms with Crippen molar-refractivity contribution in [3.63, 3.8) is 0 Å². The number of pyridine rings is 2. The van der Waals surface area contributed by atoms with Crippen LogP contribution < -0.4 is 0 Å². The van der Waals surface area contributed by atoms with Crippen LogP contribution in [-0.2, 0) is 11.3 Å². The Morgan fingerprint density at radius 1 is 1.28 bits per heavy atom. The standard InChI is InChI=1S/C22H22N4O3/c1-3-26(8-9-29-2)14-17-11-20(16-5-7-19(22(27)28)24-13-16)25-21-10-15(12-23)4-6-18(17)21/h4-7,10-11,13H,3,8-9,14H2,1-2H3,(H,27,28). The predicted molar refractivity (Wildman–Crippen MR) is 109 cm³/mol. The number of nitriles is 1. The number of nitrogens with zero attached hydrogens (tertiary/aromatic N) is 4. The molecule has 0 saturated carbocycles. The number of aromatic carboxylic acids is 1. The molecule has 0 atom stereocenters. The van der Waals surface area contributed by atoms with Gasteiger partial charge in [0, 0.05) is 37.3 Å². The molecule has 0 aliphatic heterocycles. The van der Waals surface area contributed by atoms with Crippen LogP contribution in [0.1, 0.15) is 28.5 Å². The largest absolute Gasteiger partial charge is 0.477 e. The molecule has 0 unspecified atom stereocenters. The van der Waals surface area contributed by atoms with Crippen LogP contribution in [0.4, 0.5) is 0 Å². The van der Waals surface area contributed by atoms with Gasteiger partial charge in [0.05, 0.1) is 29.5 Å². The summed E-state index contributed by atoms with van der Waals surface area (Å²) in [4.78, 5) is 22.0. The predicted octanol–water partition coefficient (Wildman–Crippen LogP) is 3.33. The summed E-state index contributed by atoms with van der Waals surface area (Å²) in [6.45, 7) is 5.12. The molecule has 2 aromatic heterocycles. The maximum atomic E-state index is 11.1. The van der Waals surface area contributed by atoms with Crippen molar-refractivity contribution < 1.29 is 14.6 Å². The Morgan fingerprint density at radius 3 is 2.72 bits per heavy atom. The Balaban J connectivity index is 2.08. The molecule has 7 nitrogen and oxygen atoms in total. The van der Waals surface area contributed by atoms with E-state index in [1.165, 1.54) is 12.3 Å². The van der Waals surface area contributed by atoms with E-state index in [4.69, 9.17) is 14.8 Å². The molecule has 1 aromatic carbocycles. The molecule has 7 heteroatoms. The molecule has 0 aliphatic rings. The van der Waals surface area contributed by atoms with E-state index in [2.05, 4.69) is 22.9 Å². The Bertz CT molecular complexity index is 1060. The van der Waals surface area contributed by atoms with Gasteiger partial charge in [-0.3, -0.25) is 4.90 Å². The van der Waals surface area contributed by atoms with E-state index < -0.39 is 5.97 Å². The summed E-state index contributed by atoms with van der Waals surface area (Å²) < 4.78 is 5.21. The van der Waals surface area contributed by atoms with Gasteiger partial charge in [-0.1, -0.05) is 13.0 Å². The van der Waals surface area contributed by atoms with Crippen molar-refractivity contribution in [3.05, 3.63) is 59.4 Å². The van der Waals surface area contributed by atoms with Crippen molar-refractivity contribution in [2.75, 3.05) is 26.8 Å². The van der Waals surface area contributed by atoms with E-state index in [-0.39, 0.29) is 5.69 Å². The summed E-state index contributed by atoms with van der Waals surface area (Å²) in [5.41, 5.74) is 3.74. The zero-order valence-corrected chi connectivity index (χ0v) is 16.4. The first-order valence-electron chi connectivity index (χ1n) is 9.30. The summed E-state index contributed by atoms with van der Waals surface area (Å²) in [6, 6.07) is 12.8. The van der Waals surface area contributed by atoms with Gasteiger partial charge in [-0.25, -0.2) is 14.8 Å². The third-order valence-electron chi connectivity index (χ3n) is 4.76. The van der Waals surface area contributed by atoms with Crippen LogP contribution in [0.15, 0.2) is 42.6 Å². The molecule has 0 spiro atoms. The van der Waals surface area contributed by atoms with Crippen molar-refractivity contribution in [2.24, 2.45) is 0 Å². The molecular weight excluding hydrogens is 368 g/mol. The first kappa shape index (κ1) is 20.4. The third kappa shape index (κ3) is 4.74. The van der Waals surface area contributed by atoms with Crippen molar-refractivity contribution in [1.29, 1.82) is 5.26 Å². The number of hydrogen-bond donors (Lipinski definition) is 1. The van der Waals surface area contributed by atoms with Gasteiger partial charge in [0.25, 0.3) is 0 Å². The van der Waals surface area contributed by atoms with Gasteiger partial charge in [0.2, 0.25) is 0 Å². The highest BCUT2D eigenvalue weighted by Gasteiger charge is 2.13. The summed E-state index contributed by atoms with van der Waals surface area (Å²) in [6.07, 6.45) is 1.51. The van der Waals surface area contributed by atoms with Gasteiger partial charge in [0.15, 0.2) is 0 Å². The fourth-order valence-electron chi connectivity index (χ4n) is 3.13. The Kier molecular flexibility index (Phi) is 6.50. The molecule has 29 heavy (non-hydrogen) atoms. The number of carboxylic acids is 1. The lowest BCUT2D eigenvalue weighted by Crippen LogP contribution is -2.26. The quantitative estimate of drug-likeness (QED) is 0.630. The van der Waals surface area contributed by atoms with Crippen LogP contribution in [0.5, 0.6) is 0 Å². The third-order valence-corrected chi connectivity index (χ3v) is 4.76. The van der Waals surface area contributed by atoms with Gasteiger partial charge >= 0.3 is 5.97 Å². The lowest BCUT2D eigenvalue weighted by atomic mass is 10.0. The molecule has 3 rings (SSSR count). The van der Waals surface area contributed by atoms with Gasteiger partial charge < -0.3 is 9.84 Å². The smallest absolute Gasteiger partial charge is 0.354 e. The SMILES string of the molecule is CCN(CCOC)Cc1cc(-c2ccc(C(=O)O)nc2)nc2cc(C#N)ccc12. The molecule has 0 aliphatic carbocycles. The number of carbonyl (C=O) groups is 1. The fourth-order valence-corrected chi connectivity index (χ4v) is 3.13. The molecule has 0 fully saturated rings. The number of fused-ring (bicyclic) bond motifs is 1. The van der Waals surface area contributed by atoms with Gasteiger partial charge in [-0.15, -0.1) is 0 Å². The number of likely N-dealkylation sites (N-methyl/N-ethyl adjacent to an activating group) is 1. The number of benzene rings is 1. The number of methoxy groups -OCH3 is 1. The monoisotopic (exact) mass is 390 g/mol. The second-order valence-electron chi connectivity index (χ2n) is 6.61. The van der Waals surface area contributed by atoms with Gasteiger partial charge in [-0.2, -0.15) is 5.26 Å². The van der Waals surface area contributed by atoms with Crippen molar-refractivity contribution >= 4 is 16.9 Å². The average Bonchev–Trinajstić information content (AvgIpc) is 2.75. The van der Waals surface area contributed by atoms with Crippen molar-refractivity contribution in [1.82, 2.24) is 14.9 Å². The van der Waals surface area contributed by atoms with Crippen LogP contribution in [0.3, 0.4) is 0 Å². The summed E-state index contributed by atoms with van der Waals surface area (Å²) >= 11 is 0. The van der Waals surface area contributed by atoms with Crippen LogP contribution in [0, 0.1) is 11.3 Å². The lowest BCUT2D eigenvalue weighted by molar-refractivity contribution is 0.0690. The summed E-state index contributed by atoms with van der Waals surface area (Å²) in [5, 5.41) is 19.3. The number of rotatable bonds is 8. The number of aromatic nitrogens is 2. The van der Waals surface area contributed by atoms with E-state index in [1.54, 1.807) is 25.3 Å². The maximum absolute atomic E-state index is 11.1. The van der Waals surface area contributed by atoms with E-state index in [9.17, 15) is 10.1 Å². The van der Waals surface area contributed by atoms with E-state index in [0.717, 1.165) is 35.1 Å². The first-order chi connectivity index (χ1) is 14.0. The summed E-state index contributed by atoms with van der Waals surface area (Å²) in [7, 11) is 1.69. The van der Waals surface area contributed by atoms with Crippen molar-refractivity contribution in [2.45, 2.75) is 13.5 Å². The van der Waals surface area contributed by atoms with Gasteiger partial charge in [-0.05, 0) is 42.4 Å². The molecule has 0 radical (unpaired) electrons. The van der Waals surface area contributed by atoms with E-state index in [1.807, 2.05) is 12.1 Å². The highest BCUT2D eigenvalue weighted by Crippen LogP contribution is 2.26. The first-order valence-corrected chi connectivity index (χ1v) is 9.30. The minimum atomic E-state index is -1.07. The Labute approximate surface area is 169 Å². The van der Waals surface area contributed by atoms with Crippen LogP contribution in [0.2, 0.25) is 0 Å². The molecule has 2 heterocycles. The summed E-state index contributed by atoms with van der Waals surface area (Å²) in [5.74, 6) is -1.07. The molecular formula is C22H22N4O3. The zero-order chi connectivity index (χ0) is 20.8. The van der Waals surface area contributed by atoms with Crippen molar-refractivity contribution in [3.8, 4) is 17.3 Å². The molecule has 0 amide bonds. The molecule has 0 bridgehead atoms. The minimum absolute atomic E-state index is 0.0155. The van der Waals surface area contributed by atoms with Gasteiger partial charge in [0.1, 0.15) is 5.69 Å². The second-order valence-corrected chi connectivity index (χ2v) is 6.61. The fraction of sp³-hybridized carbons (Fsp3) is 0.273. The molecule has 148 valence electrons. The van der Waals surface area contributed by atoms with E-state index in [0.29, 0.717) is 24.4 Å². The molecule has 3 aromatic rings. The lowest BCUT2D eigenvalue weighted by Gasteiger charge is -2.21. The normalized spacial score (nSPS) is 11.0. The highest BCUT2D eigenvalue weighted by molar-refractivity contribution is 5.87. The molecule has 0 saturated heterocycles.